The third-order valence-electron chi connectivity index (χ3n) is 7.32. The normalized spacial score (nSPS) is 16.2. The second-order valence-corrected chi connectivity index (χ2v) is 10.3. The second-order valence-electron chi connectivity index (χ2n) is 10.3. The Morgan fingerprint density at radius 2 is 1.66 bits per heavy atom. The predicted octanol–water partition coefficient (Wildman–Crippen LogP) is 3.17. The van der Waals surface area contributed by atoms with Crippen molar-refractivity contribution in [2.45, 2.75) is 43.8 Å². The number of aromatic hydroxyl groups is 1. The summed E-state index contributed by atoms with van der Waals surface area (Å²) in [5.74, 6) is -0.947. The van der Waals surface area contributed by atoms with Gasteiger partial charge in [-0.1, -0.05) is 60.7 Å². The number of aromatic nitrogens is 1. The van der Waals surface area contributed by atoms with Crippen molar-refractivity contribution in [3.63, 3.8) is 0 Å². The summed E-state index contributed by atoms with van der Waals surface area (Å²) in [5.41, 5.74) is 9.29. The Labute approximate surface area is 238 Å². The first-order chi connectivity index (χ1) is 19.9. The highest BCUT2D eigenvalue weighted by Gasteiger charge is 2.37. The third-order valence-corrected chi connectivity index (χ3v) is 7.32. The number of nitrogens with two attached hydrogens (primary N) is 1. The largest absolute Gasteiger partial charge is 0.508 e. The highest BCUT2D eigenvalue weighted by atomic mass is 16.3. The molecule has 3 aromatic carbocycles. The first-order valence-electron chi connectivity index (χ1n) is 13.7. The molecule has 210 valence electrons. The molecule has 1 fully saturated rings. The van der Waals surface area contributed by atoms with E-state index in [0.29, 0.717) is 25.1 Å². The predicted molar refractivity (Wildman–Crippen MR) is 157 cm³/mol. The fourth-order valence-electron chi connectivity index (χ4n) is 5.19. The Bertz CT molecular complexity index is 1530. The van der Waals surface area contributed by atoms with E-state index in [1.807, 2.05) is 60.7 Å². The number of phenols is 1. The van der Waals surface area contributed by atoms with E-state index in [2.05, 4.69) is 15.6 Å². The van der Waals surface area contributed by atoms with Crippen LogP contribution < -0.4 is 16.4 Å². The Balaban J connectivity index is 1.29. The second kappa shape index (κ2) is 12.6. The Morgan fingerprint density at radius 3 is 2.44 bits per heavy atom. The van der Waals surface area contributed by atoms with Gasteiger partial charge in [-0.25, -0.2) is 0 Å². The minimum atomic E-state index is -0.875. The number of hydrogen-bond donors (Lipinski definition) is 4. The van der Waals surface area contributed by atoms with Crippen molar-refractivity contribution in [3.8, 4) is 5.75 Å². The number of carbonyl (C=O) groups is 3. The summed E-state index contributed by atoms with van der Waals surface area (Å²) in [4.78, 5) is 46.2. The molecule has 5 N–H and O–H groups in total. The van der Waals surface area contributed by atoms with Crippen LogP contribution in [0.1, 0.15) is 24.0 Å². The van der Waals surface area contributed by atoms with Crippen molar-refractivity contribution in [2.24, 2.45) is 5.73 Å². The van der Waals surface area contributed by atoms with Crippen molar-refractivity contribution in [1.82, 2.24) is 15.2 Å². The number of nitrogens with one attached hydrogen (secondary N) is 2. The summed E-state index contributed by atoms with van der Waals surface area (Å²) in [5, 5.41) is 16.2. The molecule has 2 heterocycles. The Hall–Kier alpha value is -4.76. The van der Waals surface area contributed by atoms with Gasteiger partial charge in [0, 0.05) is 18.4 Å². The molecule has 0 aliphatic carbocycles. The molecule has 0 radical (unpaired) electrons. The van der Waals surface area contributed by atoms with E-state index in [-0.39, 0.29) is 36.3 Å². The molecule has 0 bridgehead atoms. The fraction of sp³-hybridized carbons (Fsp3) is 0.250. The smallest absolute Gasteiger partial charge is 0.247 e. The van der Waals surface area contributed by atoms with Crippen molar-refractivity contribution in [1.29, 1.82) is 0 Å². The van der Waals surface area contributed by atoms with Gasteiger partial charge in [0.1, 0.15) is 17.8 Å². The van der Waals surface area contributed by atoms with Crippen LogP contribution in [0.5, 0.6) is 5.75 Å². The van der Waals surface area contributed by atoms with Gasteiger partial charge in [0.2, 0.25) is 17.7 Å². The van der Waals surface area contributed by atoms with Gasteiger partial charge in [-0.05, 0) is 54.7 Å². The van der Waals surface area contributed by atoms with Gasteiger partial charge < -0.3 is 26.4 Å². The number of nitrogens with zero attached hydrogens (tertiary/aromatic N) is 2. The lowest BCUT2D eigenvalue weighted by atomic mass is 10.0. The monoisotopic (exact) mass is 551 g/mol. The van der Waals surface area contributed by atoms with E-state index in [0.717, 1.165) is 22.0 Å². The van der Waals surface area contributed by atoms with Crippen molar-refractivity contribution in [2.75, 3.05) is 11.9 Å². The summed E-state index contributed by atoms with van der Waals surface area (Å²) in [6, 6.07) is 23.0. The topological polar surface area (TPSA) is 138 Å². The number of hydrogen-bond acceptors (Lipinski definition) is 6. The number of pyridine rings is 1. The molecule has 1 aromatic heterocycles. The standard InChI is InChI=1S/C32H33N5O4/c33-26(17-22-12-14-25(38)15-13-22)32(41)37-16-6-11-29(37)31(40)36-28(18-21-7-2-1-3-8-21)30(39)35-24-19-23-9-4-5-10-27(23)34-20-24/h1-5,7-10,12-15,19-20,26,28-29,38H,6,11,16-18,33H2,(H,35,39)(H,36,40)/t26-,28-,29-/m0/s1. The van der Waals surface area contributed by atoms with Gasteiger partial charge in [0.15, 0.2) is 0 Å². The minimum Gasteiger partial charge on any atom is -0.508 e. The van der Waals surface area contributed by atoms with Crippen LogP contribution in [0.3, 0.4) is 0 Å². The maximum atomic E-state index is 13.5. The van der Waals surface area contributed by atoms with Crippen LogP contribution >= 0.6 is 0 Å². The molecule has 5 rings (SSSR count). The number of para-hydroxylation sites is 1. The maximum absolute atomic E-state index is 13.5. The van der Waals surface area contributed by atoms with Gasteiger partial charge in [0.05, 0.1) is 23.4 Å². The van der Waals surface area contributed by atoms with Gasteiger partial charge in [0.25, 0.3) is 0 Å². The molecule has 9 nitrogen and oxygen atoms in total. The van der Waals surface area contributed by atoms with E-state index in [1.165, 1.54) is 4.90 Å². The van der Waals surface area contributed by atoms with Gasteiger partial charge in [-0.2, -0.15) is 0 Å². The van der Waals surface area contributed by atoms with E-state index < -0.39 is 18.1 Å². The lowest BCUT2D eigenvalue weighted by Gasteiger charge is -2.28. The number of amides is 3. The van der Waals surface area contributed by atoms with E-state index >= 15 is 0 Å². The number of benzene rings is 3. The van der Waals surface area contributed by atoms with Crippen LogP contribution in [0, 0.1) is 0 Å². The molecule has 0 saturated carbocycles. The van der Waals surface area contributed by atoms with Crippen LogP contribution in [0.25, 0.3) is 10.9 Å². The van der Waals surface area contributed by atoms with Gasteiger partial charge in [-0.3, -0.25) is 19.4 Å². The average Bonchev–Trinajstić information content (AvgIpc) is 3.48. The molecular weight excluding hydrogens is 518 g/mol. The molecule has 1 saturated heterocycles. The highest BCUT2D eigenvalue weighted by Crippen LogP contribution is 2.21. The maximum Gasteiger partial charge on any atom is 0.247 e. The Morgan fingerprint density at radius 1 is 0.951 bits per heavy atom. The number of fused-ring (bicyclic) bond motifs is 1. The van der Waals surface area contributed by atoms with Gasteiger partial charge in [-0.15, -0.1) is 0 Å². The summed E-state index contributed by atoms with van der Waals surface area (Å²) in [6.45, 7) is 0.415. The summed E-state index contributed by atoms with van der Waals surface area (Å²) in [6.07, 6.45) is 3.30. The molecule has 0 spiro atoms. The molecule has 1 aliphatic rings. The highest BCUT2D eigenvalue weighted by molar-refractivity contribution is 5.99. The molecule has 1 aliphatic heterocycles. The molecule has 3 atom stereocenters. The molecule has 9 heteroatoms. The van der Waals surface area contributed by atoms with Crippen LogP contribution in [0.15, 0.2) is 91.1 Å². The van der Waals surface area contributed by atoms with Crippen LogP contribution in [0.4, 0.5) is 5.69 Å². The minimum absolute atomic E-state index is 0.135. The lowest BCUT2D eigenvalue weighted by molar-refractivity contribution is -0.140. The first kappa shape index (κ1) is 27.8. The van der Waals surface area contributed by atoms with Gasteiger partial charge >= 0.3 is 0 Å². The molecule has 0 unspecified atom stereocenters. The summed E-state index contributed by atoms with van der Waals surface area (Å²) < 4.78 is 0. The van der Waals surface area contributed by atoms with Crippen molar-refractivity contribution < 1.29 is 19.5 Å². The molecule has 3 amide bonds. The third kappa shape index (κ3) is 6.88. The molecular formula is C32H33N5O4. The molecule has 41 heavy (non-hydrogen) atoms. The quantitative estimate of drug-likeness (QED) is 0.252. The van der Waals surface area contributed by atoms with Crippen molar-refractivity contribution >= 4 is 34.3 Å². The molecule has 4 aromatic rings. The zero-order valence-corrected chi connectivity index (χ0v) is 22.6. The van der Waals surface area contributed by atoms with E-state index in [1.54, 1.807) is 30.5 Å². The van der Waals surface area contributed by atoms with Crippen molar-refractivity contribution in [3.05, 3.63) is 102 Å². The number of phenolic OH excluding ortho intramolecular Hbond substituents is 1. The Kier molecular flexibility index (Phi) is 8.55. The zero-order valence-electron chi connectivity index (χ0n) is 22.6. The number of carbonyl (C=O) groups excluding carboxylic acids is 3. The first-order valence-corrected chi connectivity index (χ1v) is 13.7. The average molecular weight is 552 g/mol. The van der Waals surface area contributed by atoms with Crippen LogP contribution in [0.2, 0.25) is 0 Å². The number of rotatable bonds is 9. The summed E-state index contributed by atoms with van der Waals surface area (Å²) in [7, 11) is 0. The summed E-state index contributed by atoms with van der Waals surface area (Å²) >= 11 is 0. The SMILES string of the molecule is N[C@@H](Cc1ccc(O)cc1)C(=O)N1CCC[C@H]1C(=O)N[C@@H](Cc1ccccc1)C(=O)Nc1cnc2ccccc2c1. The zero-order chi connectivity index (χ0) is 28.8. The fourth-order valence-corrected chi connectivity index (χ4v) is 5.19. The van der Waals surface area contributed by atoms with Crippen LogP contribution in [-0.2, 0) is 27.2 Å². The number of likely N-dealkylation sites (tertiary alicyclic amines) is 1. The number of anilines is 1. The lowest BCUT2D eigenvalue weighted by Crippen LogP contribution is -2.55. The van der Waals surface area contributed by atoms with E-state index in [4.69, 9.17) is 5.73 Å². The van der Waals surface area contributed by atoms with E-state index in [9.17, 15) is 19.5 Å². The van der Waals surface area contributed by atoms with Crippen LogP contribution in [-0.4, -0.2) is 57.4 Å².